The van der Waals surface area contributed by atoms with Crippen LogP contribution < -0.4 is 16.0 Å². The van der Waals surface area contributed by atoms with Gasteiger partial charge in [-0.25, -0.2) is 9.78 Å². The quantitative estimate of drug-likeness (QED) is 0.184. The molecule has 1 unspecified atom stereocenters. The Labute approximate surface area is 372 Å². The molecule has 9 atom stereocenters. The Morgan fingerprint density at radius 1 is 0.875 bits per heavy atom. The van der Waals surface area contributed by atoms with Gasteiger partial charge in [0, 0.05) is 40.3 Å². The molecule has 20 nitrogen and oxygen atoms in total. The first kappa shape index (κ1) is 50.5. The molecule has 6 N–H and O–H groups in total. The number of carbonyl (C=O) groups is 8. The van der Waals surface area contributed by atoms with Crippen molar-refractivity contribution < 1.29 is 58.4 Å². The van der Waals surface area contributed by atoms with Gasteiger partial charge in [0.2, 0.25) is 35.4 Å². The largest absolute Gasteiger partial charge is 0.505 e. The number of aromatic hydroxyl groups is 1. The molecule has 20 heteroatoms. The number of rotatable bonds is 8. The lowest BCUT2D eigenvalue weighted by molar-refractivity contribution is -0.161. The Bertz CT molecular complexity index is 2040. The first-order valence-corrected chi connectivity index (χ1v) is 21.3. The van der Waals surface area contributed by atoms with E-state index in [1.807, 2.05) is 13.8 Å². The molecule has 3 heterocycles. The van der Waals surface area contributed by atoms with Crippen molar-refractivity contribution in [2.45, 2.75) is 103 Å². The summed E-state index contributed by atoms with van der Waals surface area (Å²) < 4.78 is 5.88. The number of esters is 1. The second-order valence-electron chi connectivity index (χ2n) is 17.3. The molecule has 2 aliphatic heterocycles. The second kappa shape index (κ2) is 22.0. The smallest absolute Gasteiger partial charge is 0.333 e. The molecule has 0 aliphatic carbocycles. The van der Waals surface area contributed by atoms with E-state index >= 15 is 0 Å². The van der Waals surface area contributed by atoms with Crippen molar-refractivity contribution in [3.63, 3.8) is 0 Å². The molecule has 1 aromatic carbocycles. The van der Waals surface area contributed by atoms with Gasteiger partial charge < -0.3 is 55.6 Å². The van der Waals surface area contributed by atoms with Gasteiger partial charge in [0.1, 0.15) is 42.1 Å². The Hall–Kier alpha value is -6.15. The van der Waals surface area contributed by atoms with E-state index in [1.165, 1.54) is 58.5 Å². The van der Waals surface area contributed by atoms with Crippen LogP contribution in [-0.4, -0.2) is 170 Å². The third-order valence-electron chi connectivity index (χ3n) is 11.8. The number of fused-ring (bicyclic) bond motifs is 1. The number of aliphatic hydroxyl groups excluding tert-OH is 2. The average molecular weight is 895 g/mol. The Balaban J connectivity index is 1.88. The standard InChI is InChI=1S/C44H62N8O12/c1-23(2)18-29-42(61)52-20-28(54)19-31(52)43(62)49(7)21-33(56)50(8)36(25(5)24(3)4)40(59)47-30(22-53)41(60)51(9)37(27-14-11-10-12-15-27)44(63)64-26(6)34(38(57)46-29)48-39(58)35-32(55)16-13-17-45-35/h10-17,23-26,28-31,34,36-37,53-55H,18-22H2,1-9H3,(H,46,57)(H,47,59)(H,48,58)/t25?,26-,28-,29-,30+,31-,34+,36+,37+/m1/s1. The minimum Gasteiger partial charge on any atom is -0.505 e. The fraction of sp³-hybridized carbons (Fsp3) is 0.568. The second-order valence-corrected chi connectivity index (χ2v) is 17.3. The molecular formula is C44H62N8O12. The summed E-state index contributed by atoms with van der Waals surface area (Å²) in [5.74, 6) is -8.52. The number of nitrogens with zero attached hydrogens (tertiary/aromatic N) is 5. The number of ether oxygens (including phenoxy) is 1. The van der Waals surface area contributed by atoms with Gasteiger partial charge in [0.15, 0.2) is 11.7 Å². The zero-order valence-electron chi connectivity index (χ0n) is 37.8. The highest BCUT2D eigenvalue weighted by Crippen LogP contribution is 2.26. The lowest BCUT2D eigenvalue weighted by Crippen LogP contribution is -2.61. The van der Waals surface area contributed by atoms with Gasteiger partial charge >= 0.3 is 5.97 Å². The summed E-state index contributed by atoms with van der Waals surface area (Å²) in [5.41, 5.74) is -0.241. The van der Waals surface area contributed by atoms with Crippen LogP contribution in [0.3, 0.4) is 0 Å². The topological polar surface area (TPSA) is 268 Å². The highest BCUT2D eigenvalue weighted by molar-refractivity contribution is 6.00. The number of pyridine rings is 1. The normalized spacial score (nSPS) is 26.8. The van der Waals surface area contributed by atoms with E-state index in [0.717, 1.165) is 19.6 Å². The maximum atomic E-state index is 14.5. The summed E-state index contributed by atoms with van der Waals surface area (Å²) in [6, 6.07) is 1.65. The predicted molar refractivity (Wildman–Crippen MR) is 229 cm³/mol. The number of carbonyl (C=O) groups excluding carboxylic acids is 8. The molecular weight excluding hydrogens is 833 g/mol. The third kappa shape index (κ3) is 11.9. The summed E-state index contributed by atoms with van der Waals surface area (Å²) in [5, 5.41) is 39.4. The van der Waals surface area contributed by atoms with E-state index < -0.39 is 126 Å². The van der Waals surface area contributed by atoms with Crippen LogP contribution >= 0.6 is 0 Å². The van der Waals surface area contributed by atoms with Gasteiger partial charge in [-0.15, -0.1) is 0 Å². The molecule has 64 heavy (non-hydrogen) atoms. The summed E-state index contributed by atoms with van der Waals surface area (Å²) in [7, 11) is 3.95. The van der Waals surface area contributed by atoms with Crippen LogP contribution in [0.25, 0.3) is 0 Å². The van der Waals surface area contributed by atoms with Gasteiger partial charge in [0.25, 0.3) is 5.91 Å². The number of aliphatic hydroxyl groups is 2. The number of nitrogens with one attached hydrogen (secondary N) is 3. The van der Waals surface area contributed by atoms with Gasteiger partial charge in [-0.2, -0.15) is 0 Å². The lowest BCUT2D eigenvalue weighted by atomic mass is 9.88. The molecule has 7 amide bonds. The highest BCUT2D eigenvalue weighted by atomic mass is 16.5. The molecule has 350 valence electrons. The maximum absolute atomic E-state index is 14.5. The number of likely N-dealkylation sites (N-methyl/N-ethyl adjacent to an activating group) is 3. The number of aromatic nitrogens is 1. The van der Waals surface area contributed by atoms with E-state index in [1.54, 1.807) is 39.0 Å². The Kier molecular flexibility index (Phi) is 17.3. The van der Waals surface area contributed by atoms with Crippen LogP contribution in [0.5, 0.6) is 5.75 Å². The molecule has 0 saturated carbocycles. The Morgan fingerprint density at radius 3 is 2.11 bits per heavy atom. The molecule has 2 aromatic rings. The van der Waals surface area contributed by atoms with E-state index in [4.69, 9.17) is 4.74 Å². The summed E-state index contributed by atoms with van der Waals surface area (Å²) in [4.78, 5) is 122. The van der Waals surface area contributed by atoms with E-state index in [9.17, 15) is 53.7 Å². The molecule has 2 aliphatic rings. The van der Waals surface area contributed by atoms with Crippen LogP contribution in [0, 0.1) is 17.8 Å². The highest BCUT2D eigenvalue weighted by Gasteiger charge is 2.45. The Morgan fingerprint density at radius 2 is 1.52 bits per heavy atom. The maximum Gasteiger partial charge on any atom is 0.333 e. The zero-order chi connectivity index (χ0) is 47.7. The fourth-order valence-electron chi connectivity index (χ4n) is 7.84. The van der Waals surface area contributed by atoms with Crippen LogP contribution in [0.1, 0.15) is 76.5 Å². The SMILES string of the molecule is CC(C)C[C@H]1NC(=O)[C@@H](NC(=O)c2ncccc2O)[C@@H](C)OC(=O)[C@H](c2ccccc2)N(C)C(=O)[C@H](CO)NC(=O)[C@H](C(C)C(C)C)N(C)C(=O)CN(C)C(=O)[C@H]2C[C@@H](O)CN2C1=O. The monoisotopic (exact) mass is 894 g/mol. The van der Waals surface area contributed by atoms with Crippen LogP contribution in [0.15, 0.2) is 48.7 Å². The summed E-state index contributed by atoms with van der Waals surface area (Å²) >= 11 is 0. The molecule has 1 aromatic heterocycles. The minimum atomic E-state index is -1.78. The predicted octanol–water partition coefficient (Wildman–Crippen LogP) is -0.422. The number of benzene rings is 1. The third-order valence-corrected chi connectivity index (χ3v) is 11.8. The molecule has 2 fully saturated rings. The number of cyclic esters (lactones) is 1. The zero-order valence-corrected chi connectivity index (χ0v) is 37.8. The van der Waals surface area contributed by atoms with Crippen LogP contribution in [-0.2, 0) is 38.3 Å². The lowest BCUT2D eigenvalue weighted by Gasteiger charge is -2.37. The number of amides is 7. The van der Waals surface area contributed by atoms with Crippen molar-refractivity contribution in [3.8, 4) is 5.75 Å². The van der Waals surface area contributed by atoms with Gasteiger partial charge in [-0.05, 0) is 48.8 Å². The van der Waals surface area contributed by atoms with Gasteiger partial charge in [-0.1, -0.05) is 65.0 Å². The molecule has 0 radical (unpaired) electrons. The minimum absolute atomic E-state index is 0.0135. The first-order valence-electron chi connectivity index (χ1n) is 21.3. The first-order chi connectivity index (χ1) is 30.1. The summed E-state index contributed by atoms with van der Waals surface area (Å²) in [6.45, 7) is 8.47. The van der Waals surface area contributed by atoms with Crippen LogP contribution in [0.4, 0.5) is 0 Å². The van der Waals surface area contributed by atoms with Gasteiger partial charge in [-0.3, -0.25) is 33.6 Å². The van der Waals surface area contributed by atoms with E-state index in [0.29, 0.717) is 0 Å². The molecule has 0 bridgehead atoms. The number of hydrogen-bond acceptors (Lipinski definition) is 13. The van der Waals surface area contributed by atoms with E-state index in [-0.39, 0.29) is 36.8 Å². The number of hydrogen-bond donors (Lipinski definition) is 6. The molecule has 0 spiro atoms. The van der Waals surface area contributed by atoms with Crippen LogP contribution in [0.2, 0.25) is 0 Å². The van der Waals surface area contributed by atoms with E-state index in [2.05, 4.69) is 20.9 Å². The van der Waals surface area contributed by atoms with Crippen molar-refractivity contribution >= 4 is 47.3 Å². The molecule has 4 rings (SSSR count). The summed E-state index contributed by atoms with van der Waals surface area (Å²) in [6.07, 6.45) is -1.65. The van der Waals surface area contributed by atoms with Crippen molar-refractivity contribution in [1.29, 1.82) is 0 Å². The van der Waals surface area contributed by atoms with Gasteiger partial charge in [0.05, 0.1) is 19.3 Å². The van der Waals surface area contributed by atoms with Crippen molar-refractivity contribution in [1.82, 2.24) is 40.5 Å². The van der Waals surface area contributed by atoms with Crippen molar-refractivity contribution in [2.24, 2.45) is 17.8 Å². The van der Waals surface area contributed by atoms with Crippen molar-refractivity contribution in [3.05, 3.63) is 59.9 Å². The fourth-order valence-corrected chi connectivity index (χ4v) is 7.84. The van der Waals surface area contributed by atoms with Crippen molar-refractivity contribution in [2.75, 3.05) is 40.8 Å². The average Bonchev–Trinajstić information content (AvgIpc) is 3.64. The molecule has 2 saturated heterocycles.